The summed E-state index contributed by atoms with van der Waals surface area (Å²) in [7, 11) is 0. The molecule has 1 heterocycles. The summed E-state index contributed by atoms with van der Waals surface area (Å²) in [6, 6.07) is -0.275. The zero-order valence-corrected chi connectivity index (χ0v) is 9.03. The van der Waals surface area contributed by atoms with Gasteiger partial charge >= 0.3 is 0 Å². The van der Waals surface area contributed by atoms with Crippen LogP contribution in [0, 0.1) is 0 Å². The van der Waals surface area contributed by atoms with E-state index in [1.54, 1.807) is 0 Å². The van der Waals surface area contributed by atoms with Crippen molar-refractivity contribution in [3.8, 4) is 0 Å². The zero-order chi connectivity index (χ0) is 12.0. The van der Waals surface area contributed by atoms with Crippen LogP contribution in [0.3, 0.4) is 0 Å². The number of ether oxygens (including phenoxy) is 1. The number of nitrogens with two attached hydrogens (primary N) is 1. The standard InChI is InChI=1S/C9H15F2N3O2/c1-2-6(12)9-13-8(14-16-9)3-4-15-5-7(10)11/h6-7H,2-5,12H2,1H3. The van der Waals surface area contributed by atoms with E-state index in [9.17, 15) is 8.78 Å². The molecule has 1 aromatic heterocycles. The van der Waals surface area contributed by atoms with Crippen LogP contribution in [0.5, 0.6) is 0 Å². The summed E-state index contributed by atoms with van der Waals surface area (Å²) in [5, 5.41) is 3.67. The third-order valence-electron chi connectivity index (χ3n) is 1.95. The number of alkyl halides is 2. The zero-order valence-electron chi connectivity index (χ0n) is 9.03. The van der Waals surface area contributed by atoms with E-state index in [1.807, 2.05) is 6.92 Å². The molecule has 0 aliphatic rings. The summed E-state index contributed by atoms with van der Waals surface area (Å²) < 4.78 is 33.0. The molecule has 0 spiro atoms. The number of hydrogen-bond acceptors (Lipinski definition) is 5. The van der Waals surface area contributed by atoms with Gasteiger partial charge in [-0.3, -0.25) is 0 Å². The van der Waals surface area contributed by atoms with Crippen molar-refractivity contribution >= 4 is 0 Å². The Morgan fingerprint density at radius 3 is 2.88 bits per heavy atom. The SMILES string of the molecule is CCC(N)c1nc(CCOCC(F)F)no1. The Hall–Kier alpha value is -1.08. The van der Waals surface area contributed by atoms with Gasteiger partial charge in [0.05, 0.1) is 12.6 Å². The second-order valence-corrected chi connectivity index (χ2v) is 3.28. The number of rotatable bonds is 7. The van der Waals surface area contributed by atoms with Crippen molar-refractivity contribution < 1.29 is 18.0 Å². The van der Waals surface area contributed by atoms with Crippen molar-refractivity contribution in [3.05, 3.63) is 11.7 Å². The Bertz CT molecular complexity index is 307. The molecule has 0 amide bonds. The van der Waals surface area contributed by atoms with E-state index in [0.717, 1.165) is 0 Å². The molecule has 0 aliphatic carbocycles. The van der Waals surface area contributed by atoms with E-state index >= 15 is 0 Å². The van der Waals surface area contributed by atoms with Crippen molar-refractivity contribution in [1.82, 2.24) is 10.1 Å². The Labute approximate surface area is 92.0 Å². The molecule has 1 rings (SSSR count). The molecular formula is C9H15F2N3O2. The van der Waals surface area contributed by atoms with E-state index in [-0.39, 0.29) is 12.6 Å². The summed E-state index contributed by atoms with van der Waals surface area (Å²) in [6.07, 6.45) is -1.41. The lowest BCUT2D eigenvalue weighted by atomic mass is 10.2. The average molecular weight is 235 g/mol. The predicted molar refractivity (Wildman–Crippen MR) is 52.0 cm³/mol. The lowest BCUT2D eigenvalue weighted by Crippen LogP contribution is -2.10. The fourth-order valence-electron chi connectivity index (χ4n) is 1.03. The van der Waals surface area contributed by atoms with E-state index in [2.05, 4.69) is 10.1 Å². The molecule has 2 N–H and O–H groups in total. The first-order valence-corrected chi connectivity index (χ1v) is 5.07. The first kappa shape index (κ1) is 13.0. The summed E-state index contributed by atoms with van der Waals surface area (Å²) in [6.45, 7) is 1.48. The van der Waals surface area contributed by atoms with Gasteiger partial charge in [-0.25, -0.2) is 8.78 Å². The van der Waals surface area contributed by atoms with Gasteiger partial charge in [0.1, 0.15) is 6.61 Å². The lowest BCUT2D eigenvalue weighted by Gasteiger charge is -2.00. The summed E-state index contributed by atoms with van der Waals surface area (Å²) in [4.78, 5) is 4.03. The van der Waals surface area contributed by atoms with Gasteiger partial charge < -0.3 is 15.0 Å². The molecule has 0 saturated heterocycles. The average Bonchev–Trinajstić information content (AvgIpc) is 2.71. The van der Waals surface area contributed by atoms with Crippen LogP contribution in [-0.4, -0.2) is 29.8 Å². The molecule has 1 atom stereocenters. The quantitative estimate of drug-likeness (QED) is 0.721. The molecule has 0 fully saturated rings. The third kappa shape index (κ3) is 4.19. The van der Waals surface area contributed by atoms with Gasteiger partial charge in [0.25, 0.3) is 6.43 Å². The number of nitrogens with zero attached hydrogens (tertiary/aromatic N) is 2. The summed E-state index contributed by atoms with van der Waals surface area (Å²) in [5.74, 6) is 0.791. The molecule has 1 aromatic rings. The van der Waals surface area contributed by atoms with Gasteiger partial charge in [0.15, 0.2) is 5.82 Å². The van der Waals surface area contributed by atoms with Crippen LogP contribution in [0.15, 0.2) is 4.52 Å². The van der Waals surface area contributed by atoms with Crippen LogP contribution < -0.4 is 5.73 Å². The second-order valence-electron chi connectivity index (χ2n) is 3.28. The smallest absolute Gasteiger partial charge is 0.261 e. The molecular weight excluding hydrogens is 220 g/mol. The highest BCUT2D eigenvalue weighted by atomic mass is 19.3. The molecule has 0 aliphatic heterocycles. The van der Waals surface area contributed by atoms with Gasteiger partial charge in [0, 0.05) is 6.42 Å². The fraction of sp³-hybridized carbons (Fsp3) is 0.778. The first-order chi connectivity index (χ1) is 7.63. The number of hydrogen-bond donors (Lipinski definition) is 1. The molecule has 92 valence electrons. The first-order valence-electron chi connectivity index (χ1n) is 5.07. The van der Waals surface area contributed by atoms with E-state index in [0.29, 0.717) is 24.6 Å². The van der Waals surface area contributed by atoms with Crippen molar-refractivity contribution in [2.24, 2.45) is 5.73 Å². The minimum atomic E-state index is -2.45. The Morgan fingerprint density at radius 1 is 1.50 bits per heavy atom. The van der Waals surface area contributed by atoms with Crippen LogP contribution in [0.1, 0.15) is 31.1 Å². The number of halogens is 2. The molecule has 5 nitrogen and oxygen atoms in total. The lowest BCUT2D eigenvalue weighted by molar-refractivity contribution is 0.0182. The Balaban J connectivity index is 2.29. The topological polar surface area (TPSA) is 74.2 Å². The van der Waals surface area contributed by atoms with E-state index in [4.69, 9.17) is 15.0 Å². The minimum absolute atomic E-state index is 0.144. The fourth-order valence-corrected chi connectivity index (χ4v) is 1.03. The van der Waals surface area contributed by atoms with E-state index < -0.39 is 13.0 Å². The molecule has 0 aromatic carbocycles. The third-order valence-corrected chi connectivity index (χ3v) is 1.95. The van der Waals surface area contributed by atoms with Crippen LogP contribution in [0.25, 0.3) is 0 Å². The minimum Gasteiger partial charge on any atom is -0.375 e. The summed E-state index contributed by atoms with van der Waals surface area (Å²) in [5.41, 5.74) is 5.68. The van der Waals surface area contributed by atoms with Crippen LogP contribution in [0.2, 0.25) is 0 Å². The maximum atomic E-state index is 11.7. The second kappa shape index (κ2) is 6.49. The van der Waals surface area contributed by atoms with Crippen molar-refractivity contribution in [1.29, 1.82) is 0 Å². The van der Waals surface area contributed by atoms with E-state index in [1.165, 1.54) is 0 Å². The normalized spacial score (nSPS) is 13.3. The molecule has 0 bridgehead atoms. The highest BCUT2D eigenvalue weighted by Gasteiger charge is 2.12. The maximum absolute atomic E-state index is 11.7. The molecule has 7 heteroatoms. The predicted octanol–water partition coefficient (Wildman–Crippen LogP) is 1.30. The Morgan fingerprint density at radius 2 is 2.25 bits per heavy atom. The van der Waals surface area contributed by atoms with Crippen LogP contribution in [0.4, 0.5) is 8.78 Å². The molecule has 16 heavy (non-hydrogen) atoms. The Kier molecular flexibility index (Phi) is 5.27. The molecule has 0 saturated carbocycles. The van der Waals surface area contributed by atoms with Crippen molar-refractivity contribution in [3.63, 3.8) is 0 Å². The largest absolute Gasteiger partial charge is 0.375 e. The maximum Gasteiger partial charge on any atom is 0.261 e. The van der Waals surface area contributed by atoms with Gasteiger partial charge in [-0.2, -0.15) is 4.98 Å². The highest BCUT2D eigenvalue weighted by Crippen LogP contribution is 2.10. The van der Waals surface area contributed by atoms with Gasteiger partial charge in [-0.15, -0.1) is 0 Å². The van der Waals surface area contributed by atoms with Crippen LogP contribution in [-0.2, 0) is 11.2 Å². The van der Waals surface area contributed by atoms with Gasteiger partial charge in [0.2, 0.25) is 5.89 Å². The van der Waals surface area contributed by atoms with Crippen LogP contribution >= 0.6 is 0 Å². The molecule has 1 unspecified atom stereocenters. The monoisotopic (exact) mass is 235 g/mol. The van der Waals surface area contributed by atoms with Crippen molar-refractivity contribution in [2.75, 3.05) is 13.2 Å². The summed E-state index contributed by atoms with van der Waals surface area (Å²) >= 11 is 0. The van der Waals surface area contributed by atoms with Crippen molar-refractivity contribution in [2.45, 2.75) is 32.2 Å². The number of aromatic nitrogens is 2. The van der Waals surface area contributed by atoms with Gasteiger partial charge in [-0.05, 0) is 6.42 Å². The molecule has 0 radical (unpaired) electrons. The highest BCUT2D eigenvalue weighted by molar-refractivity contribution is 4.91. The van der Waals surface area contributed by atoms with Gasteiger partial charge in [-0.1, -0.05) is 12.1 Å².